The summed E-state index contributed by atoms with van der Waals surface area (Å²) in [6.45, 7) is 0. The van der Waals surface area contributed by atoms with Gasteiger partial charge in [0, 0.05) is 36.6 Å². The monoisotopic (exact) mass is 402 g/mol. The molecule has 4 rings (SSSR count). The Morgan fingerprint density at radius 1 is 0.966 bits per heavy atom. The van der Waals surface area contributed by atoms with Crippen molar-refractivity contribution in [3.63, 3.8) is 0 Å². The Labute approximate surface area is 160 Å². The lowest BCUT2D eigenvalue weighted by Crippen LogP contribution is -2.35. The van der Waals surface area contributed by atoms with Crippen LogP contribution in [0.3, 0.4) is 0 Å². The first-order chi connectivity index (χ1) is 13.6. The molecular formula is C19H13F3N4O3. The molecule has 0 atom stereocenters. The second-order valence-electron chi connectivity index (χ2n) is 6.49. The SMILES string of the molecule is Cn1cc2[nH]cc(Nc3c(Nc4ccc(C(F)(F)F)cc4)c(=O)c3=O)c2cc1=O. The summed E-state index contributed by atoms with van der Waals surface area (Å²) in [5, 5.41) is 6.02. The van der Waals surface area contributed by atoms with E-state index >= 15 is 0 Å². The van der Waals surface area contributed by atoms with Crippen LogP contribution in [0.2, 0.25) is 0 Å². The summed E-state index contributed by atoms with van der Waals surface area (Å²) in [7, 11) is 1.60. The molecule has 0 amide bonds. The summed E-state index contributed by atoms with van der Waals surface area (Å²) in [6.07, 6.45) is -1.34. The third kappa shape index (κ3) is 3.18. The van der Waals surface area contributed by atoms with Crippen molar-refractivity contribution < 1.29 is 13.2 Å². The standard InChI is InChI=1S/C19H13F3N4O3/c1-26-8-13-11(6-14(26)27)12(7-23-13)25-16-15(17(28)18(16)29)24-10-4-2-9(3-5-10)19(20,21)22/h2-8,23-25H,1H3. The molecule has 4 aromatic rings. The molecule has 0 saturated heterocycles. The van der Waals surface area contributed by atoms with Gasteiger partial charge in [-0.15, -0.1) is 0 Å². The number of fused-ring (bicyclic) bond motifs is 1. The lowest BCUT2D eigenvalue weighted by Gasteiger charge is -2.15. The quantitative estimate of drug-likeness (QED) is 0.456. The van der Waals surface area contributed by atoms with Crippen LogP contribution in [0.5, 0.6) is 0 Å². The van der Waals surface area contributed by atoms with Crippen molar-refractivity contribution in [3.8, 4) is 0 Å². The minimum absolute atomic E-state index is 0.0310. The van der Waals surface area contributed by atoms with Crippen molar-refractivity contribution >= 4 is 33.7 Å². The van der Waals surface area contributed by atoms with Gasteiger partial charge in [0.2, 0.25) is 0 Å². The number of hydrogen-bond acceptors (Lipinski definition) is 5. The van der Waals surface area contributed by atoms with E-state index in [-0.39, 0.29) is 22.6 Å². The Morgan fingerprint density at radius 3 is 2.21 bits per heavy atom. The third-order valence-electron chi connectivity index (χ3n) is 4.54. The number of alkyl halides is 3. The van der Waals surface area contributed by atoms with E-state index in [1.165, 1.54) is 22.8 Å². The van der Waals surface area contributed by atoms with Gasteiger partial charge in [0.05, 0.1) is 16.8 Å². The van der Waals surface area contributed by atoms with Crippen molar-refractivity contribution in [2.45, 2.75) is 6.18 Å². The average Bonchev–Trinajstić information content (AvgIpc) is 3.05. The molecule has 2 aromatic heterocycles. The van der Waals surface area contributed by atoms with Gasteiger partial charge in [-0.25, -0.2) is 0 Å². The number of nitrogens with one attached hydrogen (secondary N) is 3. The van der Waals surface area contributed by atoms with Gasteiger partial charge in [0.25, 0.3) is 16.4 Å². The van der Waals surface area contributed by atoms with Gasteiger partial charge in [-0.2, -0.15) is 13.2 Å². The van der Waals surface area contributed by atoms with Crippen molar-refractivity contribution in [2.75, 3.05) is 10.6 Å². The Balaban J connectivity index is 1.64. The first-order valence-electron chi connectivity index (χ1n) is 8.37. The number of anilines is 4. The van der Waals surface area contributed by atoms with E-state index in [0.717, 1.165) is 12.1 Å². The summed E-state index contributed by atoms with van der Waals surface area (Å²) >= 11 is 0. The molecular weight excluding hydrogens is 389 g/mol. The molecule has 10 heteroatoms. The minimum atomic E-state index is -4.47. The number of halogens is 3. The molecule has 29 heavy (non-hydrogen) atoms. The number of aryl methyl sites for hydroxylation is 1. The average molecular weight is 402 g/mol. The van der Waals surface area contributed by atoms with Crippen molar-refractivity contribution in [1.29, 1.82) is 0 Å². The maximum atomic E-state index is 12.7. The van der Waals surface area contributed by atoms with Gasteiger partial charge < -0.3 is 20.2 Å². The second-order valence-corrected chi connectivity index (χ2v) is 6.49. The van der Waals surface area contributed by atoms with E-state index in [1.54, 1.807) is 19.4 Å². The van der Waals surface area contributed by atoms with E-state index in [2.05, 4.69) is 15.6 Å². The van der Waals surface area contributed by atoms with Gasteiger partial charge >= 0.3 is 6.18 Å². The Bertz CT molecular complexity index is 1360. The van der Waals surface area contributed by atoms with Crippen LogP contribution in [0.4, 0.5) is 35.9 Å². The van der Waals surface area contributed by atoms with Crippen molar-refractivity contribution in [3.05, 3.63) is 79.1 Å². The molecule has 3 N–H and O–H groups in total. The van der Waals surface area contributed by atoms with Crippen LogP contribution in [-0.4, -0.2) is 9.55 Å². The number of rotatable bonds is 4. The lowest BCUT2D eigenvalue weighted by molar-refractivity contribution is -0.137. The zero-order valence-corrected chi connectivity index (χ0v) is 14.8. The fourth-order valence-corrected chi connectivity index (χ4v) is 2.95. The predicted molar refractivity (Wildman–Crippen MR) is 103 cm³/mol. The molecule has 7 nitrogen and oxygen atoms in total. The molecule has 148 valence electrons. The largest absolute Gasteiger partial charge is 0.416 e. The Morgan fingerprint density at radius 2 is 1.59 bits per heavy atom. The van der Waals surface area contributed by atoms with Crippen molar-refractivity contribution in [2.24, 2.45) is 7.05 Å². The van der Waals surface area contributed by atoms with E-state index < -0.39 is 22.6 Å². The molecule has 0 unspecified atom stereocenters. The molecule has 0 fully saturated rings. The maximum absolute atomic E-state index is 12.7. The molecule has 0 aliphatic carbocycles. The molecule has 0 spiro atoms. The highest BCUT2D eigenvalue weighted by molar-refractivity contribution is 5.95. The summed E-state index contributed by atoms with van der Waals surface area (Å²) in [5.74, 6) is 0. The zero-order valence-electron chi connectivity index (χ0n) is 14.8. The van der Waals surface area contributed by atoms with E-state index in [4.69, 9.17) is 0 Å². The molecule has 2 heterocycles. The van der Waals surface area contributed by atoms with Crippen LogP contribution >= 0.6 is 0 Å². The lowest BCUT2D eigenvalue weighted by atomic mass is 10.1. The molecule has 0 aliphatic heterocycles. The summed E-state index contributed by atoms with van der Waals surface area (Å²) in [4.78, 5) is 38.8. The number of nitrogens with zero attached hydrogens (tertiary/aromatic N) is 1. The number of hydrogen-bond donors (Lipinski definition) is 3. The normalized spacial score (nSPS) is 11.9. The summed E-state index contributed by atoms with van der Waals surface area (Å²) in [6, 6.07) is 5.45. The second kappa shape index (κ2) is 6.36. The van der Waals surface area contributed by atoms with Crippen LogP contribution in [0.25, 0.3) is 10.9 Å². The highest BCUT2D eigenvalue weighted by Crippen LogP contribution is 2.32. The first kappa shape index (κ1) is 18.5. The third-order valence-corrected chi connectivity index (χ3v) is 4.54. The fraction of sp³-hybridized carbons (Fsp3) is 0.105. The molecule has 0 radical (unpaired) electrons. The van der Waals surface area contributed by atoms with E-state index in [9.17, 15) is 27.6 Å². The molecule has 0 aliphatic rings. The number of benzene rings is 1. The van der Waals surface area contributed by atoms with Crippen LogP contribution in [0, 0.1) is 0 Å². The smallest absolute Gasteiger partial charge is 0.358 e. The van der Waals surface area contributed by atoms with Crippen LogP contribution in [0.15, 0.2) is 57.1 Å². The number of pyridine rings is 1. The van der Waals surface area contributed by atoms with Crippen molar-refractivity contribution in [1.82, 2.24) is 9.55 Å². The van der Waals surface area contributed by atoms with Gasteiger partial charge in [-0.05, 0) is 24.3 Å². The topological polar surface area (TPSA) is 96.0 Å². The van der Waals surface area contributed by atoms with Crippen LogP contribution in [0.1, 0.15) is 5.56 Å². The fourth-order valence-electron chi connectivity index (χ4n) is 2.95. The maximum Gasteiger partial charge on any atom is 0.416 e. The highest BCUT2D eigenvalue weighted by atomic mass is 19.4. The highest BCUT2D eigenvalue weighted by Gasteiger charge is 2.30. The van der Waals surface area contributed by atoms with Gasteiger partial charge in [0.15, 0.2) is 0 Å². The number of H-pyrrole nitrogens is 1. The van der Waals surface area contributed by atoms with Gasteiger partial charge in [-0.3, -0.25) is 14.4 Å². The number of aromatic nitrogens is 2. The Kier molecular flexibility index (Phi) is 4.07. The van der Waals surface area contributed by atoms with Crippen LogP contribution in [-0.2, 0) is 13.2 Å². The predicted octanol–water partition coefficient (Wildman–Crippen LogP) is 2.97. The minimum Gasteiger partial charge on any atom is -0.358 e. The summed E-state index contributed by atoms with van der Waals surface area (Å²) < 4.78 is 39.4. The van der Waals surface area contributed by atoms with Gasteiger partial charge in [-0.1, -0.05) is 0 Å². The zero-order chi connectivity index (χ0) is 20.9. The number of aromatic amines is 1. The van der Waals surface area contributed by atoms with Gasteiger partial charge in [0.1, 0.15) is 11.4 Å². The van der Waals surface area contributed by atoms with E-state index in [0.29, 0.717) is 16.6 Å². The molecule has 0 bridgehead atoms. The van der Waals surface area contributed by atoms with E-state index in [1.807, 2.05) is 0 Å². The molecule has 2 aromatic carbocycles. The van der Waals surface area contributed by atoms with Crippen LogP contribution < -0.4 is 27.1 Å². The molecule has 0 saturated carbocycles. The summed E-state index contributed by atoms with van der Waals surface area (Å²) in [5.41, 5.74) is -1.45. The first-order valence-corrected chi connectivity index (χ1v) is 8.37. The Hall–Kier alpha value is -3.82.